The number of methoxy groups -OCH3 is 2. The zero-order chi connectivity index (χ0) is 15.4. The van der Waals surface area contributed by atoms with Crippen molar-refractivity contribution in [2.45, 2.75) is 25.8 Å². The molecular formula is C16H24FNO3. The smallest absolute Gasteiger partial charge is 0.163 e. The van der Waals surface area contributed by atoms with E-state index in [1.165, 1.54) is 13.2 Å². The summed E-state index contributed by atoms with van der Waals surface area (Å²) in [5.74, 6) is 0.541. The summed E-state index contributed by atoms with van der Waals surface area (Å²) in [6.07, 6.45) is 2.23. The fraction of sp³-hybridized carbons (Fsp3) is 0.625. The van der Waals surface area contributed by atoms with Gasteiger partial charge in [-0.15, -0.1) is 0 Å². The van der Waals surface area contributed by atoms with E-state index in [1.54, 1.807) is 13.2 Å². The Morgan fingerprint density at radius 3 is 2.29 bits per heavy atom. The fourth-order valence-electron chi connectivity index (χ4n) is 3.08. The third-order valence-electron chi connectivity index (χ3n) is 4.18. The van der Waals surface area contributed by atoms with Crippen molar-refractivity contribution in [3.63, 3.8) is 0 Å². The minimum absolute atomic E-state index is 0.0228. The van der Waals surface area contributed by atoms with Crippen molar-refractivity contribution >= 4 is 0 Å². The highest BCUT2D eigenvalue weighted by atomic mass is 19.1. The van der Waals surface area contributed by atoms with E-state index in [1.807, 2.05) is 6.92 Å². The molecule has 4 nitrogen and oxygen atoms in total. The standard InChI is InChI=1S/C16H24FNO3/c1-11(10-19)16(18-6-4-5-7-18)12-8-14(20-2)15(21-3)9-13(12)17/h8-9,11,16,19H,4-7,10H2,1-3H3. The van der Waals surface area contributed by atoms with E-state index in [-0.39, 0.29) is 24.4 Å². The average molecular weight is 297 g/mol. The van der Waals surface area contributed by atoms with E-state index in [0.717, 1.165) is 25.9 Å². The number of rotatable bonds is 6. The van der Waals surface area contributed by atoms with Gasteiger partial charge in [-0.05, 0) is 37.9 Å². The Morgan fingerprint density at radius 1 is 1.19 bits per heavy atom. The summed E-state index contributed by atoms with van der Waals surface area (Å²) in [7, 11) is 3.03. The Labute approximate surface area is 125 Å². The van der Waals surface area contributed by atoms with Crippen LogP contribution in [0.4, 0.5) is 4.39 Å². The van der Waals surface area contributed by atoms with Crippen molar-refractivity contribution in [3.05, 3.63) is 23.5 Å². The zero-order valence-electron chi connectivity index (χ0n) is 12.9. The van der Waals surface area contributed by atoms with Crippen LogP contribution in [0.25, 0.3) is 0 Å². The maximum Gasteiger partial charge on any atom is 0.163 e. The van der Waals surface area contributed by atoms with Gasteiger partial charge in [0.2, 0.25) is 0 Å². The monoisotopic (exact) mass is 297 g/mol. The molecule has 2 unspecified atom stereocenters. The minimum atomic E-state index is -0.315. The molecular weight excluding hydrogens is 273 g/mol. The summed E-state index contributed by atoms with van der Waals surface area (Å²) in [6.45, 7) is 3.83. The number of likely N-dealkylation sites (tertiary alicyclic amines) is 1. The second-order valence-corrected chi connectivity index (χ2v) is 5.58. The van der Waals surface area contributed by atoms with Crippen LogP contribution in [0.2, 0.25) is 0 Å². The van der Waals surface area contributed by atoms with Crippen LogP contribution in [0.15, 0.2) is 12.1 Å². The first-order valence-corrected chi connectivity index (χ1v) is 7.38. The summed E-state index contributed by atoms with van der Waals surface area (Å²) >= 11 is 0. The zero-order valence-corrected chi connectivity index (χ0v) is 12.9. The summed E-state index contributed by atoms with van der Waals surface area (Å²) in [6, 6.07) is 2.92. The molecule has 1 aromatic rings. The third-order valence-corrected chi connectivity index (χ3v) is 4.18. The van der Waals surface area contributed by atoms with E-state index in [4.69, 9.17) is 9.47 Å². The van der Waals surface area contributed by atoms with Gasteiger partial charge in [-0.1, -0.05) is 6.92 Å². The van der Waals surface area contributed by atoms with Gasteiger partial charge in [-0.3, -0.25) is 4.90 Å². The number of nitrogens with zero attached hydrogens (tertiary/aromatic N) is 1. The van der Waals surface area contributed by atoms with Gasteiger partial charge in [-0.2, -0.15) is 0 Å². The number of benzene rings is 1. The molecule has 2 rings (SSSR count). The molecule has 0 aromatic heterocycles. The van der Waals surface area contributed by atoms with Crippen molar-refractivity contribution in [3.8, 4) is 11.5 Å². The Hall–Kier alpha value is -1.33. The number of hydrogen-bond acceptors (Lipinski definition) is 4. The van der Waals surface area contributed by atoms with E-state index in [0.29, 0.717) is 17.1 Å². The van der Waals surface area contributed by atoms with E-state index < -0.39 is 0 Å². The quantitative estimate of drug-likeness (QED) is 0.876. The van der Waals surface area contributed by atoms with Crippen LogP contribution in [-0.4, -0.2) is 43.9 Å². The molecule has 5 heteroatoms. The van der Waals surface area contributed by atoms with Gasteiger partial charge in [0.25, 0.3) is 0 Å². The van der Waals surface area contributed by atoms with Crippen molar-refractivity contribution in [1.82, 2.24) is 4.90 Å². The lowest BCUT2D eigenvalue weighted by Crippen LogP contribution is -2.32. The van der Waals surface area contributed by atoms with Crippen LogP contribution >= 0.6 is 0 Å². The summed E-state index contributed by atoms with van der Waals surface area (Å²) in [4.78, 5) is 2.24. The summed E-state index contributed by atoms with van der Waals surface area (Å²) in [5.41, 5.74) is 0.566. The third kappa shape index (κ3) is 3.30. The molecule has 0 spiro atoms. The molecule has 1 aliphatic rings. The van der Waals surface area contributed by atoms with Gasteiger partial charge in [0.1, 0.15) is 5.82 Å². The molecule has 1 fully saturated rings. The lowest BCUT2D eigenvalue weighted by molar-refractivity contribution is 0.123. The first-order chi connectivity index (χ1) is 10.1. The molecule has 1 aliphatic heterocycles. The maximum absolute atomic E-state index is 14.5. The largest absolute Gasteiger partial charge is 0.493 e. The van der Waals surface area contributed by atoms with E-state index >= 15 is 0 Å². The Balaban J connectivity index is 2.43. The lowest BCUT2D eigenvalue weighted by Gasteiger charge is -2.32. The van der Waals surface area contributed by atoms with Gasteiger partial charge >= 0.3 is 0 Å². The molecule has 0 amide bonds. The Bertz CT molecular complexity index is 475. The van der Waals surface area contributed by atoms with Gasteiger partial charge in [0, 0.05) is 24.3 Å². The summed E-state index contributed by atoms with van der Waals surface area (Å²) in [5, 5.41) is 9.54. The highest BCUT2D eigenvalue weighted by Gasteiger charge is 2.31. The topological polar surface area (TPSA) is 41.9 Å². The van der Waals surface area contributed by atoms with Crippen LogP contribution < -0.4 is 9.47 Å². The SMILES string of the molecule is COc1cc(F)c(C(C(C)CO)N2CCCC2)cc1OC. The van der Waals surface area contributed by atoms with Gasteiger partial charge < -0.3 is 14.6 Å². The number of aliphatic hydroxyl groups excluding tert-OH is 1. The number of aliphatic hydroxyl groups is 1. The fourth-order valence-corrected chi connectivity index (χ4v) is 3.08. The Morgan fingerprint density at radius 2 is 1.76 bits per heavy atom. The molecule has 0 saturated carbocycles. The molecule has 0 radical (unpaired) electrons. The molecule has 1 saturated heterocycles. The van der Waals surface area contributed by atoms with Crippen LogP contribution in [0.1, 0.15) is 31.4 Å². The first kappa shape index (κ1) is 16.0. The van der Waals surface area contributed by atoms with Gasteiger partial charge in [0.15, 0.2) is 11.5 Å². The van der Waals surface area contributed by atoms with Crippen molar-refractivity contribution in [2.75, 3.05) is 33.9 Å². The van der Waals surface area contributed by atoms with Gasteiger partial charge in [0.05, 0.1) is 14.2 Å². The van der Waals surface area contributed by atoms with Crippen LogP contribution in [0.5, 0.6) is 11.5 Å². The molecule has 118 valence electrons. The second kappa shape index (κ2) is 7.09. The van der Waals surface area contributed by atoms with Gasteiger partial charge in [-0.25, -0.2) is 4.39 Å². The normalized spacial score (nSPS) is 18.5. The molecule has 0 bridgehead atoms. The Kier molecular flexibility index (Phi) is 5.42. The molecule has 1 aromatic carbocycles. The van der Waals surface area contributed by atoms with Crippen LogP contribution in [-0.2, 0) is 0 Å². The molecule has 1 N–H and O–H groups in total. The molecule has 0 aliphatic carbocycles. The number of halogens is 1. The predicted molar refractivity (Wildman–Crippen MR) is 79.3 cm³/mol. The van der Waals surface area contributed by atoms with Crippen molar-refractivity contribution in [2.24, 2.45) is 5.92 Å². The van der Waals surface area contributed by atoms with E-state index in [2.05, 4.69) is 4.90 Å². The van der Waals surface area contributed by atoms with E-state index in [9.17, 15) is 9.50 Å². The average Bonchev–Trinajstić information content (AvgIpc) is 3.02. The second-order valence-electron chi connectivity index (χ2n) is 5.58. The number of hydrogen-bond donors (Lipinski definition) is 1. The lowest BCUT2D eigenvalue weighted by atomic mass is 9.93. The van der Waals surface area contributed by atoms with Crippen LogP contribution in [0, 0.1) is 11.7 Å². The number of ether oxygens (including phenoxy) is 2. The maximum atomic E-state index is 14.5. The first-order valence-electron chi connectivity index (χ1n) is 7.38. The van der Waals surface area contributed by atoms with Crippen molar-refractivity contribution in [1.29, 1.82) is 0 Å². The molecule has 2 atom stereocenters. The molecule has 21 heavy (non-hydrogen) atoms. The highest BCUT2D eigenvalue weighted by Crippen LogP contribution is 2.38. The predicted octanol–water partition coefficient (Wildman–Crippen LogP) is 2.61. The van der Waals surface area contributed by atoms with Crippen LogP contribution in [0.3, 0.4) is 0 Å². The highest BCUT2D eigenvalue weighted by molar-refractivity contribution is 5.45. The summed E-state index contributed by atoms with van der Waals surface area (Å²) < 4.78 is 24.9. The minimum Gasteiger partial charge on any atom is -0.493 e. The molecule has 1 heterocycles. The van der Waals surface area contributed by atoms with Crippen molar-refractivity contribution < 1.29 is 19.0 Å².